The fraction of sp³-hybridized carbons (Fsp3) is 0.231. The van der Waals surface area contributed by atoms with E-state index >= 15 is 0 Å². The Kier molecular flexibility index (Phi) is 3.18. The number of phenols is 1. The van der Waals surface area contributed by atoms with Crippen LogP contribution in [0.5, 0.6) is 5.75 Å². The van der Waals surface area contributed by atoms with Crippen molar-refractivity contribution in [1.82, 2.24) is 15.3 Å². The lowest BCUT2D eigenvalue weighted by Crippen LogP contribution is -2.26. The van der Waals surface area contributed by atoms with Crippen LogP contribution in [-0.4, -0.2) is 21.6 Å². The second-order valence-corrected chi connectivity index (χ2v) is 4.80. The molecule has 19 heavy (non-hydrogen) atoms. The number of aromatic amines is 1. The quantitative estimate of drug-likeness (QED) is 0.499. The fourth-order valence-electron chi connectivity index (χ4n) is 2.20. The lowest BCUT2D eigenvalue weighted by molar-refractivity contribution is 0.477. The molecule has 1 aliphatic rings. The van der Waals surface area contributed by atoms with Crippen LogP contribution in [0.4, 0.5) is 11.5 Å². The molecule has 0 aliphatic carbocycles. The van der Waals surface area contributed by atoms with Gasteiger partial charge in [0, 0.05) is 17.8 Å². The van der Waals surface area contributed by atoms with Crippen molar-refractivity contribution >= 4 is 23.7 Å². The van der Waals surface area contributed by atoms with E-state index in [1.165, 1.54) is 0 Å². The Morgan fingerprint density at radius 3 is 3.00 bits per heavy atom. The number of fused-ring (bicyclic) bond motifs is 1. The van der Waals surface area contributed by atoms with E-state index in [-0.39, 0.29) is 5.75 Å². The van der Waals surface area contributed by atoms with Gasteiger partial charge in [-0.1, -0.05) is 12.1 Å². The number of para-hydroxylation sites is 2. The van der Waals surface area contributed by atoms with Crippen LogP contribution in [0.25, 0.3) is 0 Å². The summed E-state index contributed by atoms with van der Waals surface area (Å²) < 4.78 is 0.445. The molecule has 3 rings (SSSR count). The van der Waals surface area contributed by atoms with Crippen molar-refractivity contribution in [2.75, 3.05) is 11.9 Å². The number of hydrogen-bond donors (Lipinski definition) is 4. The Hall–Kier alpha value is -1.92. The lowest BCUT2D eigenvalue weighted by Gasteiger charge is -2.20. The number of nitrogens with one attached hydrogen (secondary N) is 3. The maximum Gasteiger partial charge on any atom is 0.199 e. The highest BCUT2D eigenvalue weighted by molar-refractivity contribution is 7.71. The Balaban J connectivity index is 2.03. The first kappa shape index (κ1) is 12.1. The lowest BCUT2D eigenvalue weighted by atomic mass is 10.1. The third-order valence-corrected chi connectivity index (χ3v) is 3.33. The molecular formula is C13H14N4OS. The summed E-state index contributed by atoms with van der Waals surface area (Å²) >= 11 is 5.14. The van der Waals surface area contributed by atoms with Gasteiger partial charge in [-0.2, -0.15) is 0 Å². The fourth-order valence-corrected chi connectivity index (χ4v) is 2.42. The monoisotopic (exact) mass is 274 g/mol. The second kappa shape index (κ2) is 4.99. The van der Waals surface area contributed by atoms with Crippen LogP contribution in [0.15, 0.2) is 24.3 Å². The summed E-state index contributed by atoms with van der Waals surface area (Å²) in [4.78, 5) is 7.44. The molecule has 1 aromatic heterocycles. The number of phenolic OH excluding ortho intramolecular Hbond substituents is 1. The van der Waals surface area contributed by atoms with Crippen LogP contribution in [0, 0.1) is 4.77 Å². The smallest absolute Gasteiger partial charge is 0.199 e. The highest BCUT2D eigenvalue weighted by Crippen LogP contribution is 2.28. The molecule has 0 amide bonds. The number of rotatable bonds is 2. The highest BCUT2D eigenvalue weighted by atomic mass is 32.1. The minimum absolute atomic E-state index is 0.200. The molecule has 2 aromatic rings. The highest BCUT2D eigenvalue weighted by Gasteiger charge is 2.15. The SMILES string of the molecule is Oc1ccccc1Nc1nc(=S)[nH]c2c1CCNC2. The van der Waals surface area contributed by atoms with Crippen LogP contribution in [0.1, 0.15) is 11.3 Å². The minimum Gasteiger partial charge on any atom is -0.506 e. The van der Waals surface area contributed by atoms with Crippen LogP contribution >= 0.6 is 12.2 Å². The van der Waals surface area contributed by atoms with Gasteiger partial charge in [-0.25, -0.2) is 4.98 Å². The number of benzene rings is 1. The number of H-pyrrole nitrogens is 1. The topological polar surface area (TPSA) is 73.0 Å². The summed E-state index contributed by atoms with van der Waals surface area (Å²) in [5.74, 6) is 0.924. The Morgan fingerprint density at radius 2 is 2.16 bits per heavy atom. The first-order chi connectivity index (χ1) is 9.24. The molecule has 2 heterocycles. The molecule has 0 spiro atoms. The van der Waals surface area contributed by atoms with Crippen molar-refractivity contribution in [1.29, 1.82) is 0 Å². The number of nitrogens with zero attached hydrogens (tertiary/aromatic N) is 1. The van der Waals surface area contributed by atoms with Gasteiger partial charge in [-0.3, -0.25) is 0 Å². The summed E-state index contributed by atoms with van der Waals surface area (Å²) in [7, 11) is 0. The summed E-state index contributed by atoms with van der Waals surface area (Å²) in [6.45, 7) is 1.67. The van der Waals surface area contributed by atoms with Crippen molar-refractivity contribution in [3.05, 3.63) is 40.3 Å². The summed E-state index contributed by atoms with van der Waals surface area (Å²) in [5.41, 5.74) is 2.82. The Labute approximate surface area is 115 Å². The van der Waals surface area contributed by atoms with Gasteiger partial charge < -0.3 is 20.7 Å². The van der Waals surface area contributed by atoms with Crippen molar-refractivity contribution in [3.8, 4) is 5.75 Å². The summed E-state index contributed by atoms with van der Waals surface area (Å²) in [5, 5.41) is 16.3. The average molecular weight is 274 g/mol. The van der Waals surface area contributed by atoms with Crippen LogP contribution in [0.2, 0.25) is 0 Å². The van der Waals surface area contributed by atoms with Crippen LogP contribution in [-0.2, 0) is 13.0 Å². The van der Waals surface area contributed by atoms with Crippen molar-refractivity contribution in [2.45, 2.75) is 13.0 Å². The molecule has 0 bridgehead atoms. The predicted molar refractivity (Wildman–Crippen MR) is 76.2 cm³/mol. The second-order valence-electron chi connectivity index (χ2n) is 4.42. The van der Waals surface area contributed by atoms with E-state index in [1.54, 1.807) is 12.1 Å². The molecule has 0 saturated heterocycles. The zero-order valence-corrected chi connectivity index (χ0v) is 11.0. The van der Waals surface area contributed by atoms with E-state index in [2.05, 4.69) is 20.6 Å². The number of aromatic nitrogens is 2. The van der Waals surface area contributed by atoms with E-state index in [1.807, 2.05) is 12.1 Å². The molecule has 4 N–H and O–H groups in total. The first-order valence-electron chi connectivity index (χ1n) is 6.12. The number of hydrogen-bond acceptors (Lipinski definition) is 5. The molecule has 1 aliphatic heterocycles. The van der Waals surface area contributed by atoms with Gasteiger partial charge in [-0.15, -0.1) is 0 Å². The van der Waals surface area contributed by atoms with Gasteiger partial charge in [0.2, 0.25) is 0 Å². The molecule has 5 nitrogen and oxygen atoms in total. The van der Waals surface area contributed by atoms with Gasteiger partial charge >= 0.3 is 0 Å². The van der Waals surface area contributed by atoms with Gasteiger partial charge in [0.05, 0.1) is 5.69 Å². The molecule has 0 fully saturated rings. The zero-order valence-electron chi connectivity index (χ0n) is 10.2. The molecule has 0 radical (unpaired) electrons. The largest absolute Gasteiger partial charge is 0.506 e. The molecule has 0 unspecified atom stereocenters. The Bertz CT molecular complexity index is 668. The third kappa shape index (κ3) is 2.45. The van der Waals surface area contributed by atoms with E-state index in [0.29, 0.717) is 10.5 Å². The van der Waals surface area contributed by atoms with Gasteiger partial charge in [0.1, 0.15) is 11.6 Å². The molecule has 6 heteroatoms. The van der Waals surface area contributed by atoms with Gasteiger partial charge in [-0.05, 0) is 37.3 Å². The van der Waals surface area contributed by atoms with E-state index in [9.17, 15) is 5.11 Å². The summed E-state index contributed by atoms with van der Waals surface area (Å²) in [6.07, 6.45) is 0.879. The third-order valence-electron chi connectivity index (χ3n) is 3.13. The van der Waals surface area contributed by atoms with Gasteiger partial charge in [0.25, 0.3) is 0 Å². The molecular weight excluding hydrogens is 260 g/mol. The standard InChI is InChI=1S/C13H14N4OS/c18-11-4-2-1-3-9(11)15-12-8-5-6-14-7-10(8)16-13(19)17-12/h1-4,14,18H,5-7H2,(H2,15,16,17,19). The normalized spacial score (nSPS) is 13.9. The van der Waals surface area contributed by atoms with E-state index in [4.69, 9.17) is 12.2 Å². The molecule has 98 valence electrons. The zero-order chi connectivity index (χ0) is 13.2. The Morgan fingerprint density at radius 1 is 1.32 bits per heavy atom. The minimum atomic E-state index is 0.200. The van der Waals surface area contributed by atoms with E-state index in [0.717, 1.165) is 36.6 Å². The molecule has 0 saturated carbocycles. The maximum atomic E-state index is 9.81. The molecule has 1 aromatic carbocycles. The summed E-state index contributed by atoms with van der Waals surface area (Å²) in [6, 6.07) is 7.09. The average Bonchev–Trinajstić information content (AvgIpc) is 2.41. The van der Waals surface area contributed by atoms with Crippen LogP contribution in [0.3, 0.4) is 0 Å². The van der Waals surface area contributed by atoms with E-state index < -0.39 is 0 Å². The molecule has 0 atom stereocenters. The number of aromatic hydroxyl groups is 1. The van der Waals surface area contributed by atoms with Gasteiger partial charge in [0.15, 0.2) is 4.77 Å². The van der Waals surface area contributed by atoms with Crippen LogP contribution < -0.4 is 10.6 Å². The van der Waals surface area contributed by atoms with Crippen molar-refractivity contribution in [2.24, 2.45) is 0 Å². The maximum absolute atomic E-state index is 9.81. The number of anilines is 2. The first-order valence-corrected chi connectivity index (χ1v) is 6.52. The predicted octanol–water partition coefficient (Wildman–Crippen LogP) is 2.23. The van der Waals surface area contributed by atoms with Crippen molar-refractivity contribution < 1.29 is 5.11 Å². The van der Waals surface area contributed by atoms with Crippen molar-refractivity contribution in [3.63, 3.8) is 0 Å².